The van der Waals surface area contributed by atoms with Crippen LogP contribution in [0.4, 0.5) is 22.7 Å². The predicted molar refractivity (Wildman–Crippen MR) is 153 cm³/mol. The lowest BCUT2D eigenvalue weighted by Gasteiger charge is -2.31. The second-order valence-corrected chi connectivity index (χ2v) is 8.89. The fourth-order valence-electron chi connectivity index (χ4n) is 4.55. The Labute approximate surface area is 222 Å². The van der Waals surface area contributed by atoms with Crippen molar-refractivity contribution in [2.45, 2.75) is 12.1 Å². The Kier molecular flexibility index (Phi) is 6.72. The highest BCUT2D eigenvalue weighted by molar-refractivity contribution is 6.09. The summed E-state index contributed by atoms with van der Waals surface area (Å²) in [4.78, 5) is 7.37. The number of rotatable bonds is 5. The maximum atomic E-state index is 6.70. The van der Waals surface area contributed by atoms with Crippen molar-refractivity contribution in [3.05, 3.63) is 151 Å². The molecule has 0 saturated carbocycles. The first-order chi connectivity index (χ1) is 18.9. The highest BCUT2D eigenvalue weighted by atomic mass is 16.5. The van der Waals surface area contributed by atoms with Gasteiger partial charge in [0.1, 0.15) is 17.3 Å². The van der Waals surface area contributed by atoms with Gasteiger partial charge in [0.25, 0.3) is 0 Å². The lowest BCUT2D eigenvalue weighted by Crippen LogP contribution is -2.39. The zero-order valence-corrected chi connectivity index (χ0v) is 20.7. The van der Waals surface area contributed by atoms with E-state index in [1.165, 1.54) is 0 Å². The topological polar surface area (TPSA) is 49.5 Å². The largest absolute Gasteiger partial charge is 0.481 e. The number of benzene rings is 5. The van der Waals surface area contributed by atoms with Gasteiger partial charge in [-0.25, -0.2) is 4.99 Å². The van der Waals surface area contributed by atoms with Crippen LogP contribution >= 0.6 is 0 Å². The molecule has 0 N–H and O–H groups in total. The molecule has 2 unspecified atom stereocenters. The second kappa shape index (κ2) is 10.9. The van der Waals surface area contributed by atoms with Crippen molar-refractivity contribution in [2.24, 2.45) is 15.2 Å². The summed E-state index contributed by atoms with van der Waals surface area (Å²) in [5, 5.41) is 9.60. The first-order valence-electron chi connectivity index (χ1n) is 12.6. The van der Waals surface area contributed by atoms with Gasteiger partial charge in [-0.2, -0.15) is 10.2 Å². The van der Waals surface area contributed by atoms with Crippen LogP contribution in [0.15, 0.2) is 161 Å². The Bertz CT molecular complexity index is 1500. The van der Waals surface area contributed by atoms with Gasteiger partial charge < -0.3 is 4.74 Å². The van der Waals surface area contributed by atoms with Gasteiger partial charge in [0, 0.05) is 11.4 Å². The molecule has 0 fully saturated rings. The molecular formula is C33H26N4O. The normalized spacial score (nSPS) is 16.7. The molecule has 38 heavy (non-hydrogen) atoms. The van der Waals surface area contributed by atoms with Gasteiger partial charge >= 0.3 is 0 Å². The van der Waals surface area contributed by atoms with Crippen LogP contribution in [-0.4, -0.2) is 11.9 Å². The number of azo groups is 1. The minimum atomic E-state index is -0.551. The number of anilines is 2. The molecule has 1 heterocycles. The molecule has 0 bridgehead atoms. The Balaban J connectivity index is 1.59. The van der Waals surface area contributed by atoms with E-state index in [0.717, 1.165) is 34.1 Å². The molecule has 1 aliphatic rings. The van der Waals surface area contributed by atoms with E-state index in [1.807, 2.05) is 109 Å². The van der Waals surface area contributed by atoms with Crippen molar-refractivity contribution >= 4 is 28.6 Å². The molecule has 5 aromatic carbocycles. The molecule has 1 aliphatic heterocycles. The smallest absolute Gasteiger partial charge is 0.170 e. The maximum absolute atomic E-state index is 6.70. The maximum Gasteiger partial charge on any atom is 0.170 e. The number of hydrogen-bond acceptors (Lipinski definition) is 5. The molecule has 5 nitrogen and oxygen atoms in total. The van der Waals surface area contributed by atoms with Crippen LogP contribution in [0.2, 0.25) is 0 Å². The summed E-state index contributed by atoms with van der Waals surface area (Å²) >= 11 is 0. The lowest BCUT2D eigenvalue weighted by molar-refractivity contribution is 0.198. The van der Waals surface area contributed by atoms with E-state index in [2.05, 4.69) is 46.4 Å². The predicted octanol–water partition coefficient (Wildman–Crippen LogP) is 8.84. The van der Waals surface area contributed by atoms with Crippen LogP contribution in [0.1, 0.15) is 11.7 Å². The van der Waals surface area contributed by atoms with Crippen molar-refractivity contribution in [1.82, 2.24) is 0 Å². The molecular weight excluding hydrogens is 468 g/mol. The third-order valence-electron chi connectivity index (χ3n) is 6.35. The summed E-state index contributed by atoms with van der Waals surface area (Å²) in [6, 6.07) is 47.7. The summed E-state index contributed by atoms with van der Waals surface area (Å²) in [5.41, 5.74) is 4.46. The molecule has 0 aromatic heterocycles. The summed E-state index contributed by atoms with van der Waals surface area (Å²) in [6.07, 6.45) is -0.457. The first-order valence-corrected chi connectivity index (χ1v) is 12.6. The fraction of sp³-hybridized carbons (Fsp3) is 0.0606. The molecule has 0 radical (unpaired) electrons. The molecule has 0 spiro atoms. The van der Waals surface area contributed by atoms with Crippen molar-refractivity contribution < 1.29 is 4.74 Å². The van der Waals surface area contributed by atoms with Gasteiger partial charge in [-0.1, -0.05) is 97.1 Å². The molecule has 184 valence electrons. The Morgan fingerprint density at radius 1 is 0.579 bits per heavy atom. The number of nitrogens with zero attached hydrogens (tertiary/aromatic N) is 4. The molecule has 5 aromatic rings. The molecule has 5 heteroatoms. The average Bonchev–Trinajstić information content (AvgIpc) is 3.15. The standard InChI is InChI=1S/C33H26N4O/c1-5-15-25(16-6-1)32-31(36-35-26-17-7-2-8-18-26)33(34-29-23-13-14-24-30(29)38-32)37(27-19-9-3-10-20-27)28-21-11-4-12-22-28/h1-24,31-32H. The first kappa shape index (κ1) is 23.4. The van der Waals surface area contributed by atoms with E-state index < -0.39 is 12.1 Å². The van der Waals surface area contributed by atoms with Crippen LogP contribution in [-0.2, 0) is 0 Å². The quantitative estimate of drug-likeness (QED) is 0.229. The Morgan fingerprint density at radius 2 is 1.11 bits per heavy atom. The zero-order chi connectivity index (χ0) is 25.6. The van der Waals surface area contributed by atoms with Gasteiger partial charge in [-0.3, -0.25) is 4.90 Å². The summed E-state index contributed by atoms with van der Waals surface area (Å²) < 4.78 is 6.70. The minimum absolute atomic E-state index is 0.457. The number of fused-ring (bicyclic) bond motifs is 1. The summed E-state index contributed by atoms with van der Waals surface area (Å²) in [5.74, 6) is 1.43. The van der Waals surface area contributed by atoms with Crippen LogP contribution in [0.3, 0.4) is 0 Å². The number of ether oxygens (including phenoxy) is 1. The SMILES string of the molecule is c1ccc(N=NC2C(N(c3ccccc3)c3ccccc3)=Nc3ccccc3OC2c2ccccc2)cc1. The number of hydrogen-bond donors (Lipinski definition) is 0. The number of amidine groups is 1. The van der Waals surface area contributed by atoms with E-state index in [1.54, 1.807) is 0 Å². The van der Waals surface area contributed by atoms with Gasteiger partial charge in [-0.15, -0.1) is 0 Å². The molecule has 0 amide bonds. The second-order valence-electron chi connectivity index (χ2n) is 8.89. The van der Waals surface area contributed by atoms with Crippen molar-refractivity contribution in [3.8, 4) is 5.75 Å². The van der Waals surface area contributed by atoms with E-state index in [9.17, 15) is 0 Å². The average molecular weight is 495 g/mol. The minimum Gasteiger partial charge on any atom is -0.481 e. The zero-order valence-electron chi connectivity index (χ0n) is 20.7. The van der Waals surface area contributed by atoms with E-state index in [-0.39, 0.29) is 0 Å². The Hall–Kier alpha value is -5.03. The van der Waals surface area contributed by atoms with Gasteiger partial charge in [-0.05, 0) is 54.1 Å². The molecule has 2 atom stereocenters. The summed E-state index contributed by atoms with van der Waals surface area (Å²) in [6.45, 7) is 0. The number of aliphatic imine (C=N–C) groups is 1. The molecule has 0 saturated heterocycles. The van der Waals surface area contributed by atoms with Crippen LogP contribution in [0.5, 0.6) is 5.75 Å². The third kappa shape index (κ3) is 4.95. The molecule has 6 rings (SSSR count). The van der Waals surface area contributed by atoms with Gasteiger partial charge in [0.2, 0.25) is 0 Å². The van der Waals surface area contributed by atoms with Gasteiger partial charge in [0.15, 0.2) is 12.1 Å². The highest BCUT2D eigenvalue weighted by Crippen LogP contribution is 2.41. The van der Waals surface area contributed by atoms with E-state index in [0.29, 0.717) is 5.75 Å². The van der Waals surface area contributed by atoms with Crippen LogP contribution < -0.4 is 9.64 Å². The monoisotopic (exact) mass is 494 g/mol. The molecule has 0 aliphatic carbocycles. The van der Waals surface area contributed by atoms with Crippen molar-refractivity contribution in [1.29, 1.82) is 0 Å². The number of para-hydroxylation sites is 4. The van der Waals surface area contributed by atoms with Crippen LogP contribution in [0.25, 0.3) is 0 Å². The van der Waals surface area contributed by atoms with Gasteiger partial charge in [0.05, 0.1) is 5.69 Å². The van der Waals surface area contributed by atoms with Crippen molar-refractivity contribution in [2.75, 3.05) is 4.90 Å². The third-order valence-corrected chi connectivity index (χ3v) is 6.35. The van der Waals surface area contributed by atoms with E-state index >= 15 is 0 Å². The van der Waals surface area contributed by atoms with E-state index in [4.69, 9.17) is 14.8 Å². The van der Waals surface area contributed by atoms with Crippen molar-refractivity contribution in [3.63, 3.8) is 0 Å². The summed E-state index contributed by atoms with van der Waals surface area (Å²) in [7, 11) is 0. The highest BCUT2D eigenvalue weighted by Gasteiger charge is 2.37. The fourth-order valence-corrected chi connectivity index (χ4v) is 4.55. The Morgan fingerprint density at radius 3 is 1.74 bits per heavy atom. The lowest BCUT2D eigenvalue weighted by atomic mass is 10.00. The van der Waals surface area contributed by atoms with Crippen LogP contribution in [0, 0.1) is 0 Å².